The molecule has 0 aliphatic rings. The van der Waals surface area contributed by atoms with Crippen LogP contribution in [-0.4, -0.2) is 12.5 Å². The van der Waals surface area contributed by atoms with E-state index < -0.39 is 5.82 Å². The molecule has 1 aromatic rings. The van der Waals surface area contributed by atoms with Gasteiger partial charge in [-0.05, 0) is 25.1 Å². The van der Waals surface area contributed by atoms with Gasteiger partial charge in [0.05, 0.1) is 5.02 Å². The molecule has 1 aromatic carbocycles. The van der Waals surface area contributed by atoms with Crippen molar-refractivity contribution in [1.82, 2.24) is 5.32 Å². The lowest BCUT2D eigenvalue weighted by molar-refractivity contribution is 0.0956. The van der Waals surface area contributed by atoms with Crippen molar-refractivity contribution in [2.24, 2.45) is 0 Å². The molecule has 1 amide bonds. The second-order valence-corrected chi connectivity index (χ2v) is 2.90. The fourth-order valence-corrected chi connectivity index (χ4v) is 1.08. The summed E-state index contributed by atoms with van der Waals surface area (Å²) in [6, 6.07) is 3.88. The first kappa shape index (κ1) is 9.99. The molecule has 70 valence electrons. The number of carbonyl (C=O) groups is 1. The van der Waals surface area contributed by atoms with Gasteiger partial charge < -0.3 is 5.32 Å². The van der Waals surface area contributed by atoms with Crippen LogP contribution in [0.4, 0.5) is 4.39 Å². The number of carbonyl (C=O) groups excluding carboxylic acids is 1. The van der Waals surface area contributed by atoms with E-state index >= 15 is 0 Å². The molecule has 0 atom stereocenters. The van der Waals surface area contributed by atoms with Gasteiger partial charge in [-0.2, -0.15) is 0 Å². The zero-order valence-corrected chi connectivity index (χ0v) is 7.86. The number of benzene rings is 1. The van der Waals surface area contributed by atoms with Crippen LogP contribution in [0.3, 0.4) is 0 Å². The third-order valence-corrected chi connectivity index (χ3v) is 1.81. The Morgan fingerprint density at radius 2 is 2.31 bits per heavy atom. The third-order valence-electron chi connectivity index (χ3n) is 1.52. The summed E-state index contributed by atoms with van der Waals surface area (Å²) in [5.74, 6) is -0.765. The number of amides is 1. The Kier molecular flexibility index (Phi) is 3.25. The first-order valence-corrected chi connectivity index (χ1v) is 4.26. The van der Waals surface area contributed by atoms with E-state index in [1.807, 2.05) is 6.92 Å². The largest absolute Gasteiger partial charge is 0.352 e. The minimum atomic E-state index is -0.519. The van der Waals surface area contributed by atoms with E-state index in [9.17, 15) is 9.18 Å². The van der Waals surface area contributed by atoms with Crippen LogP contribution >= 0.6 is 11.6 Å². The van der Waals surface area contributed by atoms with Crippen LogP contribution in [-0.2, 0) is 0 Å². The molecule has 1 rings (SSSR count). The first-order valence-electron chi connectivity index (χ1n) is 3.88. The van der Waals surface area contributed by atoms with Crippen molar-refractivity contribution in [1.29, 1.82) is 0 Å². The highest BCUT2D eigenvalue weighted by Crippen LogP contribution is 2.15. The fraction of sp³-hybridized carbons (Fsp3) is 0.222. The van der Waals surface area contributed by atoms with Crippen LogP contribution < -0.4 is 5.32 Å². The fourth-order valence-electron chi connectivity index (χ4n) is 0.900. The summed E-state index contributed by atoms with van der Waals surface area (Å²) >= 11 is 5.50. The zero-order valence-electron chi connectivity index (χ0n) is 7.10. The summed E-state index contributed by atoms with van der Waals surface area (Å²) in [5.41, 5.74) is 0.369. The van der Waals surface area contributed by atoms with E-state index in [2.05, 4.69) is 5.32 Å². The normalized spacial score (nSPS) is 9.77. The highest BCUT2D eigenvalue weighted by Gasteiger charge is 2.06. The van der Waals surface area contributed by atoms with Gasteiger partial charge >= 0.3 is 0 Å². The highest BCUT2D eigenvalue weighted by molar-refractivity contribution is 6.31. The lowest BCUT2D eigenvalue weighted by Crippen LogP contribution is -2.22. The molecule has 0 heterocycles. The van der Waals surface area contributed by atoms with Crippen molar-refractivity contribution in [2.75, 3.05) is 6.54 Å². The zero-order chi connectivity index (χ0) is 9.84. The van der Waals surface area contributed by atoms with Gasteiger partial charge in [0.25, 0.3) is 5.91 Å². The Morgan fingerprint density at radius 1 is 1.62 bits per heavy atom. The number of nitrogens with one attached hydrogen (secondary N) is 1. The number of halogens is 2. The Labute approximate surface area is 80.7 Å². The number of rotatable bonds is 2. The summed E-state index contributed by atoms with van der Waals surface area (Å²) < 4.78 is 12.7. The van der Waals surface area contributed by atoms with E-state index in [1.54, 1.807) is 0 Å². The molecule has 1 N–H and O–H groups in total. The Bertz CT molecular complexity index is 327. The number of hydrogen-bond donors (Lipinski definition) is 1. The van der Waals surface area contributed by atoms with Gasteiger partial charge in [-0.3, -0.25) is 4.79 Å². The first-order chi connectivity index (χ1) is 6.15. The lowest BCUT2D eigenvalue weighted by atomic mass is 10.2. The van der Waals surface area contributed by atoms with E-state index in [0.717, 1.165) is 0 Å². The maximum absolute atomic E-state index is 12.7. The van der Waals surface area contributed by atoms with Crippen LogP contribution in [0.2, 0.25) is 5.02 Å². The molecule has 0 aliphatic carbocycles. The van der Waals surface area contributed by atoms with Gasteiger partial charge in [0.1, 0.15) is 5.82 Å². The van der Waals surface area contributed by atoms with Crippen molar-refractivity contribution in [3.8, 4) is 0 Å². The average Bonchev–Trinajstić information content (AvgIpc) is 2.10. The SMILES string of the molecule is CCNC(=O)c1ccc(F)c(Cl)c1. The van der Waals surface area contributed by atoms with Crippen molar-refractivity contribution in [2.45, 2.75) is 6.92 Å². The topological polar surface area (TPSA) is 29.1 Å². The van der Waals surface area contributed by atoms with Crippen LogP contribution in [0.1, 0.15) is 17.3 Å². The van der Waals surface area contributed by atoms with Crippen LogP contribution in [0.15, 0.2) is 18.2 Å². The van der Waals surface area contributed by atoms with Gasteiger partial charge in [0.2, 0.25) is 0 Å². The lowest BCUT2D eigenvalue weighted by Gasteiger charge is -2.02. The summed E-state index contributed by atoms with van der Waals surface area (Å²) in [4.78, 5) is 11.2. The predicted molar refractivity (Wildman–Crippen MR) is 49.4 cm³/mol. The van der Waals surface area contributed by atoms with Crippen LogP contribution in [0.25, 0.3) is 0 Å². The van der Waals surface area contributed by atoms with Gasteiger partial charge in [-0.15, -0.1) is 0 Å². The van der Waals surface area contributed by atoms with Crippen LogP contribution in [0.5, 0.6) is 0 Å². The van der Waals surface area contributed by atoms with Crippen molar-refractivity contribution in [3.05, 3.63) is 34.6 Å². The van der Waals surface area contributed by atoms with Crippen LogP contribution in [0, 0.1) is 5.82 Å². The molecule has 0 radical (unpaired) electrons. The van der Waals surface area contributed by atoms with E-state index in [1.165, 1.54) is 18.2 Å². The average molecular weight is 202 g/mol. The molecule has 2 nitrogen and oxygen atoms in total. The minimum Gasteiger partial charge on any atom is -0.352 e. The minimum absolute atomic E-state index is 0.0382. The summed E-state index contributed by atoms with van der Waals surface area (Å²) in [6.45, 7) is 2.34. The smallest absolute Gasteiger partial charge is 0.251 e. The molecule has 0 aliphatic heterocycles. The molecule has 0 fully saturated rings. The molecule has 0 aromatic heterocycles. The molecule has 0 saturated heterocycles. The molecule has 0 saturated carbocycles. The molecule has 13 heavy (non-hydrogen) atoms. The quantitative estimate of drug-likeness (QED) is 0.781. The van der Waals surface area contributed by atoms with E-state index in [4.69, 9.17) is 11.6 Å². The summed E-state index contributed by atoms with van der Waals surface area (Å²) in [5, 5.41) is 2.55. The molecule has 0 bridgehead atoms. The van der Waals surface area contributed by atoms with Gasteiger partial charge in [0.15, 0.2) is 0 Å². The predicted octanol–water partition coefficient (Wildman–Crippen LogP) is 2.23. The van der Waals surface area contributed by atoms with Crippen molar-refractivity contribution < 1.29 is 9.18 Å². The second-order valence-electron chi connectivity index (χ2n) is 2.49. The Balaban J connectivity index is 2.90. The molecular weight excluding hydrogens is 193 g/mol. The van der Waals surface area contributed by atoms with E-state index in [0.29, 0.717) is 12.1 Å². The molecule has 0 unspecified atom stereocenters. The molecule has 0 spiro atoms. The van der Waals surface area contributed by atoms with Crippen molar-refractivity contribution in [3.63, 3.8) is 0 Å². The Morgan fingerprint density at radius 3 is 2.85 bits per heavy atom. The highest BCUT2D eigenvalue weighted by atomic mass is 35.5. The third kappa shape index (κ3) is 2.42. The molecular formula is C9H9ClFNO. The monoisotopic (exact) mass is 201 g/mol. The van der Waals surface area contributed by atoms with E-state index in [-0.39, 0.29) is 10.9 Å². The second kappa shape index (κ2) is 4.23. The standard InChI is InChI=1S/C9H9ClFNO/c1-2-12-9(13)6-3-4-8(11)7(10)5-6/h3-5H,2H2,1H3,(H,12,13). The van der Waals surface area contributed by atoms with Gasteiger partial charge in [0, 0.05) is 12.1 Å². The molecule has 4 heteroatoms. The Hall–Kier alpha value is -1.09. The maximum Gasteiger partial charge on any atom is 0.251 e. The van der Waals surface area contributed by atoms with Crippen molar-refractivity contribution >= 4 is 17.5 Å². The maximum atomic E-state index is 12.7. The summed E-state index contributed by atoms with van der Waals surface area (Å²) in [6.07, 6.45) is 0. The van der Waals surface area contributed by atoms with Gasteiger partial charge in [-0.25, -0.2) is 4.39 Å². The summed E-state index contributed by atoms with van der Waals surface area (Å²) in [7, 11) is 0. The number of hydrogen-bond acceptors (Lipinski definition) is 1. The van der Waals surface area contributed by atoms with Gasteiger partial charge in [-0.1, -0.05) is 11.6 Å².